The van der Waals surface area contributed by atoms with Crippen LogP contribution in [0.5, 0.6) is 0 Å². The molecule has 3 N–H and O–H groups in total. The van der Waals surface area contributed by atoms with E-state index in [1.807, 2.05) is 20.8 Å². The standard InChI is InChI=1S/C5H14N2/c1-4-7-5(2,3)6/h7H,4,6H2,1-3H3. The third kappa shape index (κ3) is 5.92. The van der Waals surface area contributed by atoms with Gasteiger partial charge in [0.25, 0.3) is 0 Å². The first-order chi connectivity index (χ1) is 3.06. The monoisotopic (exact) mass is 102 g/mol. The summed E-state index contributed by atoms with van der Waals surface area (Å²) in [5.74, 6) is 0. The Morgan fingerprint density at radius 3 is 2.00 bits per heavy atom. The first kappa shape index (κ1) is 6.92. The smallest absolute Gasteiger partial charge is 0.0603 e. The van der Waals surface area contributed by atoms with Crippen molar-refractivity contribution >= 4 is 0 Å². The van der Waals surface area contributed by atoms with Crippen molar-refractivity contribution in [2.45, 2.75) is 26.4 Å². The van der Waals surface area contributed by atoms with E-state index in [4.69, 9.17) is 5.73 Å². The molecule has 0 aliphatic rings. The molecule has 0 saturated carbocycles. The highest BCUT2D eigenvalue weighted by Crippen LogP contribution is 1.85. The van der Waals surface area contributed by atoms with Crippen LogP contribution in [0.2, 0.25) is 0 Å². The molecule has 44 valence electrons. The molecular formula is C5H14N2. The van der Waals surface area contributed by atoms with Crippen LogP contribution in [0.1, 0.15) is 20.8 Å². The maximum Gasteiger partial charge on any atom is 0.0603 e. The third-order valence-corrected chi connectivity index (χ3v) is 0.632. The largest absolute Gasteiger partial charge is 0.314 e. The summed E-state index contributed by atoms with van der Waals surface area (Å²) in [5.41, 5.74) is 5.34. The maximum atomic E-state index is 5.53. The van der Waals surface area contributed by atoms with Crippen molar-refractivity contribution in [1.82, 2.24) is 5.32 Å². The maximum absolute atomic E-state index is 5.53. The summed E-state index contributed by atoms with van der Waals surface area (Å²) in [6, 6.07) is 0. The molecule has 0 spiro atoms. The third-order valence-electron chi connectivity index (χ3n) is 0.632. The summed E-state index contributed by atoms with van der Waals surface area (Å²) < 4.78 is 0. The van der Waals surface area contributed by atoms with E-state index in [1.54, 1.807) is 0 Å². The van der Waals surface area contributed by atoms with Gasteiger partial charge in [-0.2, -0.15) is 0 Å². The Morgan fingerprint density at radius 2 is 2.00 bits per heavy atom. The van der Waals surface area contributed by atoms with Gasteiger partial charge in [0.15, 0.2) is 0 Å². The molecular weight excluding hydrogens is 88.1 g/mol. The van der Waals surface area contributed by atoms with Crippen molar-refractivity contribution < 1.29 is 0 Å². The van der Waals surface area contributed by atoms with Gasteiger partial charge in [-0.3, -0.25) is 0 Å². The van der Waals surface area contributed by atoms with Crippen LogP contribution in [0.3, 0.4) is 0 Å². The van der Waals surface area contributed by atoms with Gasteiger partial charge in [0.2, 0.25) is 0 Å². The van der Waals surface area contributed by atoms with Crippen molar-refractivity contribution in [3.63, 3.8) is 0 Å². The molecule has 2 heteroatoms. The van der Waals surface area contributed by atoms with Crippen LogP contribution in [0.15, 0.2) is 0 Å². The highest BCUT2D eigenvalue weighted by Gasteiger charge is 2.04. The van der Waals surface area contributed by atoms with Crippen molar-refractivity contribution in [2.24, 2.45) is 5.73 Å². The van der Waals surface area contributed by atoms with E-state index in [0.717, 1.165) is 6.54 Å². The minimum absolute atomic E-state index is 0.200. The van der Waals surface area contributed by atoms with Crippen molar-refractivity contribution in [3.8, 4) is 0 Å². The minimum atomic E-state index is -0.200. The second-order valence-corrected chi connectivity index (χ2v) is 2.25. The zero-order valence-corrected chi connectivity index (χ0v) is 5.28. The molecule has 0 aromatic heterocycles. The highest BCUT2D eigenvalue weighted by atomic mass is 15.1. The fourth-order valence-electron chi connectivity index (χ4n) is 0.456. The molecule has 0 aromatic rings. The molecule has 0 atom stereocenters. The molecule has 0 radical (unpaired) electrons. The van der Waals surface area contributed by atoms with Gasteiger partial charge in [-0.05, 0) is 20.4 Å². The number of hydrogen-bond acceptors (Lipinski definition) is 2. The molecule has 0 bridgehead atoms. The van der Waals surface area contributed by atoms with E-state index in [-0.39, 0.29) is 5.66 Å². The van der Waals surface area contributed by atoms with E-state index in [2.05, 4.69) is 5.32 Å². The van der Waals surface area contributed by atoms with E-state index < -0.39 is 0 Å². The van der Waals surface area contributed by atoms with Crippen LogP contribution in [-0.4, -0.2) is 12.2 Å². The Kier molecular flexibility index (Phi) is 2.26. The second-order valence-electron chi connectivity index (χ2n) is 2.25. The first-order valence-electron chi connectivity index (χ1n) is 2.60. The van der Waals surface area contributed by atoms with Gasteiger partial charge in [0.1, 0.15) is 0 Å². The average Bonchev–Trinajstić information content (AvgIpc) is 1.30. The van der Waals surface area contributed by atoms with Crippen LogP contribution in [0, 0.1) is 0 Å². The van der Waals surface area contributed by atoms with Crippen LogP contribution in [-0.2, 0) is 0 Å². The first-order valence-corrected chi connectivity index (χ1v) is 2.60. The number of hydrogen-bond donors (Lipinski definition) is 2. The molecule has 0 unspecified atom stereocenters. The van der Waals surface area contributed by atoms with Gasteiger partial charge in [0, 0.05) is 0 Å². The van der Waals surface area contributed by atoms with Gasteiger partial charge in [-0.25, -0.2) is 0 Å². The van der Waals surface area contributed by atoms with Gasteiger partial charge in [-0.15, -0.1) is 0 Å². The summed E-state index contributed by atoms with van der Waals surface area (Å²) in [4.78, 5) is 0. The molecule has 0 saturated heterocycles. The quantitative estimate of drug-likeness (QED) is 0.492. The highest BCUT2D eigenvalue weighted by molar-refractivity contribution is 4.65. The Labute approximate surface area is 45.1 Å². The van der Waals surface area contributed by atoms with Gasteiger partial charge < -0.3 is 11.1 Å². The van der Waals surface area contributed by atoms with E-state index >= 15 is 0 Å². The van der Waals surface area contributed by atoms with Crippen LogP contribution >= 0.6 is 0 Å². The van der Waals surface area contributed by atoms with Crippen molar-refractivity contribution in [2.75, 3.05) is 6.54 Å². The zero-order valence-electron chi connectivity index (χ0n) is 5.28. The summed E-state index contributed by atoms with van der Waals surface area (Å²) in [7, 11) is 0. The van der Waals surface area contributed by atoms with Gasteiger partial charge in [0.05, 0.1) is 5.66 Å². The minimum Gasteiger partial charge on any atom is -0.314 e. The van der Waals surface area contributed by atoms with Crippen LogP contribution in [0.25, 0.3) is 0 Å². The Balaban J connectivity index is 3.15. The molecule has 0 fully saturated rings. The predicted octanol–water partition coefficient (Wildman–Crippen LogP) is 0.291. The lowest BCUT2D eigenvalue weighted by atomic mass is 10.3. The van der Waals surface area contributed by atoms with Crippen LogP contribution < -0.4 is 11.1 Å². The van der Waals surface area contributed by atoms with Crippen LogP contribution in [0.4, 0.5) is 0 Å². The van der Waals surface area contributed by atoms with Gasteiger partial charge in [-0.1, -0.05) is 6.92 Å². The van der Waals surface area contributed by atoms with E-state index in [9.17, 15) is 0 Å². The number of rotatable bonds is 2. The van der Waals surface area contributed by atoms with Gasteiger partial charge >= 0.3 is 0 Å². The fourth-order valence-corrected chi connectivity index (χ4v) is 0.456. The Morgan fingerprint density at radius 1 is 1.57 bits per heavy atom. The molecule has 0 amide bonds. The average molecular weight is 102 g/mol. The van der Waals surface area contributed by atoms with Crippen molar-refractivity contribution in [1.29, 1.82) is 0 Å². The predicted molar refractivity (Wildman–Crippen MR) is 31.9 cm³/mol. The topological polar surface area (TPSA) is 38.0 Å². The van der Waals surface area contributed by atoms with Crippen molar-refractivity contribution in [3.05, 3.63) is 0 Å². The number of nitrogens with one attached hydrogen (secondary N) is 1. The number of nitrogens with two attached hydrogens (primary N) is 1. The molecule has 0 rings (SSSR count). The second kappa shape index (κ2) is 2.28. The SMILES string of the molecule is CCNC(C)(C)N. The summed E-state index contributed by atoms with van der Waals surface area (Å²) in [5, 5.41) is 3.06. The summed E-state index contributed by atoms with van der Waals surface area (Å²) in [6.07, 6.45) is 0. The lowest BCUT2D eigenvalue weighted by Crippen LogP contribution is -2.47. The normalized spacial score (nSPS) is 12.0. The van der Waals surface area contributed by atoms with E-state index in [1.165, 1.54) is 0 Å². The molecule has 0 aliphatic carbocycles. The lowest BCUT2D eigenvalue weighted by molar-refractivity contribution is 0.415. The molecule has 0 heterocycles. The Bertz CT molecular complexity index is 44.5. The fraction of sp³-hybridized carbons (Fsp3) is 1.00. The molecule has 0 aliphatic heterocycles. The lowest BCUT2D eigenvalue weighted by Gasteiger charge is -2.18. The Hall–Kier alpha value is -0.0800. The molecule has 2 nitrogen and oxygen atoms in total. The molecule has 0 aromatic carbocycles. The zero-order chi connectivity index (χ0) is 5.91. The summed E-state index contributed by atoms with van der Waals surface area (Å²) >= 11 is 0. The van der Waals surface area contributed by atoms with E-state index in [0.29, 0.717) is 0 Å². The summed E-state index contributed by atoms with van der Waals surface area (Å²) in [6.45, 7) is 6.85. The molecule has 7 heavy (non-hydrogen) atoms.